The van der Waals surface area contributed by atoms with Crippen LogP contribution in [-0.4, -0.2) is 46.7 Å². The third kappa shape index (κ3) is 2.09. The van der Waals surface area contributed by atoms with Crippen LogP contribution in [0.1, 0.15) is 24.0 Å². The standard InChI is InChI=1S/C24H23N3O3/c28-21-19-18-11-6-13-27(18)24(16-9-4-5-10-17(16)25-23(24)30)20(19)22(29)26(21)14-12-15-7-2-1-3-8-15/h1-5,7-10,18-20H,6,11-14H2,(H,25,30). The molecule has 4 heterocycles. The van der Waals surface area contributed by atoms with Gasteiger partial charge in [-0.2, -0.15) is 0 Å². The quantitative estimate of drug-likeness (QED) is 0.801. The molecule has 3 saturated heterocycles. The van der Waals surface area contributed by atoms with Crippen LogP contribution in [0.15, 0.2) is 54.6 Å². The van der Waals surface area contributed by atoms with Crippen molar-refractivity contribution in [2.45, 2.75) is 30.8 Å². The highest BCUT2D eigenvalue weighted by molar-refractivity contribution is 6.15. The van der Waals surface area contributed by atoms with E-state index in [0.29, 0.717) is 13.0 Å². The zero-order valence-electron chi connectivity index (χ0n) is 16.6. The molecule has 4 aliphatic rings. The molecular weight excluding hydrogens is 378 g/mol. The van der Waals surface area contributed by atoms with E-state index in [1.165, 1.54) is 4.90 Å². The molecule has 1 N–H and O–H groups in total. The lowest BCUT2D eigenvalue weighted by molar-refractivity contribution is -0.145. The van der Waals surface area contributed by atoms with E-state index in [-0.39, 0.29) is 23.8 Å². The summed E-state index contributed by atoms with van der Waals surface area (Å²) >= 11 is 0. The van der Waals surface area contributed by atoms with Gasteiger partial charge in [0.25, 0.3) is 0 Å². The number of para-hydroxylation sites is 1. The van der Waals surface area contributed by atoms with Crippen LogP contribution in [0.25, 0.3) is 0 Å². The SMILES string of the molecule is O=C1C2C3CCCN3C3(C(=O)Nc4ccccc43)C2C(=O)N1CCc1ccccc1. The van der Waals surface area contributed by atoms with Crippen molar-refractivity contribution in [2.75, 3.05) is 18.4 Å². The molecule has 4 unspecified atom stereocenters. The summed E-state index contributed by atoms with van der Waals surface area (Å²) in [6, 6.07) is 17.5. The number of nitrogens with one attached hydrogen (secondary N) is 1. The molecule has 3 fully saturated rings. The molecule has 2 aromatic rings. The van der Waals surface area contributed by atoms with Crippen LogP contribution >= 0.6 is 0 Å². The fraction of sp³-hybridized carbons (Fsp3) is 0.375. The van der Waals surface area contributed by atoms with Gasteiger partial charge in [-0.25, -0.2) is 0 Å². The van der Waals surface area contributed by atoms with Crippen molar-refractivity contribution in [2.24, 2.45) is 11.8 Å². The van der Waals surface area contributed by atoms with Gasteiger partial charge in [0.05, 0.1) is 11.8 Å². The van der Waals surface area contributed by atoms with Crippen LogP contribution in [0, 0.1) is 11.8 Å². The lowest BCUT2D eigenvalue weighted by atomic mass is 9.75. The average molecular weight is 401 g/mol. The summed E-state index contributed by atoms with van der Waals surface area (Å²) in [5.41, 5.74) is 1.64. The van der Waals surface area contributed by atoms with Crippen molar-refractivity contribution < 1.29 is 14.4 Å². The van der Waals surface area contributed by atoms with E-state index in [1.54, 1.807) is 0 Å². The first-order valence-corrected chi connectivity index (χ1v) is 10.7. The second-order valence-corrected chi connectivity index (χ2v) is 8.74. The summed E-state index contributed by atoms with van der Waals surface area (Å²) in [5.74, 6) is -1.54. The molecule has 1 spiro atoms. The monoisotopic (exact) mass is 401 g/mol. The second kappa shape index (κ2) is 6.25. The highest BCUT2D eigenvalue weighted by Gasteiger charge is 2.74. The van der Waals surface area contributed by atoms with Crippen LogP contribution in [0.5, 0.6) is 0 Å². The van der Waals surface area contributed by atoms with Gasteiger partial charge < -0.3 is 5.32 Å². The Bertz CT molecular complexity index is 1070. The summed E-state index contributed by atoms with van der Waals surface area (Å²) in [6.07, 6.45) is 2.42. The van der Waals surface area contributed by atoms with Crippen LogP contribution in [-0.2, 0) is 26.3 Å². The zero-order valence-corrected chi connectivity index (χ0v) is 16.6. The minimum atomic E-state index is -1.06. The van der Waals surface area contributed by atoms with E-state index < -0.39 is 17.4 Å². The molecule has 0 aromatic heterocycles. The Labute approximate surface area is 174 Å². The molecule has 4 atom stereocenters. The van der Waals surface area contributed by atoms with E-state index >= 15 is 0 Å². The summed E-state index contributed by atoms with van der Waals surface area (Å²) in [7, 11) is 0. The molecule has 6 nitrogen and oxygen atoms in total. The lowest BCUT2D eigenvalue weighted by Gasteiger charge is -2.36. The fourth-order valence-electron chi connectivity index (χ4n) is 6.32. The largest absolute Gasteiger partial charge is 0.324 e. The van der Waals surface area contributed by atoms with Crippen LogP contribution in [0.4, 0.5) is 5.69 Å². The Hall–Kier alpha value is -2.99. The van der Waals surface area contributed by atoms with E-state index in [9.17, 15) is 14.4 Å². The molecule has 0 radical (unpaired) electrons. The number of carbonyl (C=O) groups excluding carboxylic acids is 3. The average Bonchev–Trinajstić information content (AvgIpc) is 3.46. The first kappa shape index (κ1) is 17.8. The number of nitrogens with zero attached hydrogens (tertiary/aromatic N) is 2. The number of hydrogen-bond acceptors (Lipinski definition) is 4. The normalized spacial score (nSPS) is 31.9. The van der Waals surface area contributed by atoms with Crippen molar-refractivity contribution in [3.63, 3.8) is 0 Å². The highest BCUT2D eigenvalue weighted by atomic mass is 16.2. The number of carbonyl (C=O) groups is 3. The predicted octanol–water partition coefficient (Wildman–Crippen LogP) is 2.16. The molecule has 30 heavy (non-hydrogen) atoms. The first-order chi connectivity index (χ1) is 14.6. The number of amides is 3. The van der Waals surface area contributed by atoms with Gasteiger partial charge >= 0.3 is 0 Å². The van der Waals surface area contributed by atoms with Gasteiger partial charge in [0.15, 0.2) is 0 Å². The molecule has 0 saturated carbocycles. The highest BCUT2D eigenvalue weighted by Crippen LogP contribution is 2.60. The summed E-state index contributed by atoms with van der Waals surface area (Å²) in [4.78, 5) is 44.2. The maximum atomic E-state index is 13.7. The maximum absolute atomic E-state index is 13.7. The Morgan fingerprint density at radius 1 is 0.967 bits per heavy atom. The van der Waals surface area contributed by atoms with E-state index in [1.807, 2.05) is 54.6 Å². The van der Waals surface area contributed by atoms with Crippen LogP contribution in [0.3, 0.4) is 0 Å². The van der Waals surface area contributed by atoms with Crippen molar-refractivity contribution in [1.29, 1.82) is 0 Å². The van der Waals surface area contributed by atoms with Crippen molar-refractivity contribution in [3.8, 4) is 0 Å². The third-order valence-corrected chi connectivity index (χ3v) is 7.46. The van der Waals surface area contributed by atoms with Gasteiger partial charge in [0, 0.05) is 23.8 Å². The summed E-state index contributed by atoms with van der Waals surface area (Å²) < 4.78 is 0. The molecule has 4 aliphatic heterocycles. The van der Waals surface area contributed by atoms with Crippen molar-refractivity contribution in [3.05, 3.63) is 65.7 Å². The van der Waals surface area contributed by atoms with E-state index in [0.717, 1.165) is 36.2 Å². The first-order valence-electron chi connectivity index (χ1n) is 10.7. The molecular formula is C24H23N3O3. The maximum Gasteiger partial charge on any atom is 0.250 e. The molecule has 152 valence electrons. The predicted molar refractivity (Wildman–Crippen MR) is 110 cm³/mol. The molecule has 6 rings (SSSR count). The number of anilines is 1. The van der Waals surface area contributed by atoms with Gasteiger partial charge in [-0.3, -0.25) is 24.2 Å². The Morgan fingerprint density at radius 2 is 1.73 bits per heavy atom. The summed E-state index contributed by atoms with van der Waals surface area (Å²) in [5, 5.41) is 3.00. The van der Waals surface area contributed by atoms with Gasteiger partial charge in [0.2, 0.25) is 17.7 Å². The number of fused-ring (bicyclic) bond motifs is 7. The number of likely N-dealkylation sites (tertiary alicyclic amines) is 1. The lowest BCUT2D eigenvalue weighted by Crippen LogP contribution is -2.54. The molecule has 2 aromatic carbocycles. The van der Waals surface area contributed by atoms with Crippen LogP contribution in [0.2, 0.25) is 0 Å². The van der Waals surface area contributed by atoms with E-state index in [2.05, 4.69) is 10.2 Å². The number of imide groups is 1. The Kier molecular flexibility index (Phi) is 3.72. The van der Waals surface area contributed by atoms with Gasteiger partial charge in [0.1, 0.15) is 5.54 Å². The third-order valence-electron chi connectivity index (χ3n) is 7.46. The molecule has 6 heteroatoms. The van der Waals surface area contributed by atoms with Crippen molar-refractivity contribution in [1.82, 2.24) is 9.80 Å². The number of hydrogen-bond donors (Lipinski definition) is 1. The van der Waals surface area contributed by atoms with E-state index in [4.69, 9.17) is 0 Å². The van der Waals surface area contributed by atoms with Gasteiger partial charge in [-0.15, -0.1) is 0 Å². The Balaban J connectivity index is 1.42. The molecule has 3 amide bonds. The zero-order chi connectivity index (χ0) is 20.5. The fourth-order valence-corrected chi connectivity index (χ4v) is 6.32. The second-order valence-electron chi connectivity index (χ2n) is 8.74. The number of rotatable bonds is 3. The molecule has 0 aliphatic carbocycles. The topological polar surface area (TPSA) is 69.7 Å². The summed E-state index contributed by atoms with van der Waals surface area (Å²) in [6.45, 7) is 1.10. The van der Waals surface area contributed by atoms with Gasteiger partial charge in [-0.1, -0.05) is 48.5 Å². The number of benzene rings is 2. The minimum absolute atomic E-state index is 0.0509. The molecule has 0 bridgehead atoms. The Morgan fingerprint density at radius 3 is 2.57 bits per heavy atom. The van der Waals surface area contributed by atoms with Crippen molar-refractivity contribution >= 4 is 23.4 Å². The minimum Gasteiger partial charge on any atom is -0.324 e. The van der Waals surface area contributed by atoms with Crippen LogP contribution < -0.4 is 5.32 Å². The van der Waals surface area contributed by atoms with Gasteiger partial charge in [-0.05, 0) is 37.4 Å². The smallest absolute Gasteiger partial charge is 0.250 e.